The van der Waals surface area contributed by atoms with E-state index in [1.54, 1.807) is 31.0 Å². The van der Waals surface area contributed by atoms with E-state index < -0.39 is 11.6 Å². The van der Waals surface area contributed by atoms with Gasteiger partial charge in [-0.1, -0.05) is 0 Å². The highest BCUT2D eigenvalue weighted by Gasteiger charge is 2.17. The summed E-state index contributed by atoms with van der Waals surface area (Å²) >= 11 is 0. The smallest absolute Gasteiger partial charge is 0.342 e. The Morgan fingerprint density at radius 1 is 1.50 bits per heavy atom. The van der Waals surface area contributed by atoms with Gasteiger partial charge in [0.2, 0.25) is 0 Å². The summed E-state index contributed by atoms with van der Waals surface area (Å²) in [5.74, 6) is -0.274. The molecule has 1 rings (SSSR count). The van der Waals surface area contributed by atoms with Crippen molar-refractivity contribution in [3.8, 4) is 0 Å². The van der Waals surface area contributed by atoms with Crippen molar-refractivity contribution in [1.82, 2.24) is 4.90 Å². The normalized spacial score (nSPS) is 10.7. The Balaban J connectivity index is 3.29. The minimum atomic E-state index is -0.489. The third-order valence-corrected chi connectivity index (χ3v) is 2.19. The van der Waals surface area contributed by atoms with Crippen LogP contribution in [-0.2, 0) is 4.74 Å². The van der Waals surface area contributed by atoms with Crippen LogP contribution in [0, 0.1) is 6.92 Å². The molecule has 18 heavy (non-hydrogen) atoms. The molecule has 0 aliphatic heterocycles. The highest BCUT2D eigenvalue weighted by Crippen LogP contribution is 2.15. The minimum Gasteiger partial charge on any atom is -0.462 e. The first-order chi connectivity index (χ1) is 8.45. The average molecular weight is 251 g/mol. The Bertz CT molecular complexity index is 514. The van der Waals surface area contributed by atoms with Crippen LogP contribution in [0.1, 0.15) is 28.6 Å². The zero-order valence-corrected chi connectivity index (χ0v) is 11.0. The van der Waals surface area contributed by atoms with Crippen molar-refractivity contribution in [3.05, 3.63) is 39.6 Å². The molecule has 0 aromatic carbocycles. The summed E-state index contributed by atoms with van der Waals surface area (Å²) in [6, 6.07) is 1.28. The van der Waals surface area contributed by atoms with Gasteiger partial charge in [0, 0.05) is 26.4 Å². The van der Waals surface area contributed by atoms with E-state index in [-0.39, 0.29) is 17.9 Å². The summed E-state index contributed by atoms with van der Waals surface area (Å²) in [5.41, 5.74) is 0.344. The molecular formula is C13H17NO4. The van der Waals surface area contributed by atoms with Crippen molar-refractivity contribution < 1.29 is 13.9 Å². The van der Waals surface area contributed by atoms with Crippen molar-refractivity contribution in [2.75, 3.05) is 20.7 Å². The molecule has 0 radical (unpaired) electrons. The lowest BCUT2D eigenvalue weighted by Gasteiger charge is -2.08. The Morgan fingerprint density at radius 3 is 2.72 bits per heavy atom. The van der Waals surface area contributed by atoms with Gasteiger partial charge >= 0.3 is 11.6 Å². The number of hydrogen-bond acceptors (Lipinski definition) is 5. The van der Waals surface area contributed by atoms with Crippen molar-refractivity contribution in [1.29, 1.82) is 0 Å². The molecule has 0 aliphatic rings. The van der Waals surface area contributed by atoms with E-state index in [1.165, 1.54) is 6.07 Å². The molecular weight excluding hydrogens is 234 g/mol. The fourth-order valence-electron chi connectivity index (χ4n) is 1.43. The molecule has 0 saturated carbocycles. The molecule has 98 valence electrons. The Kier molecular flexibility index (Phi) is 4.71. The molecule has 0 bridgehead atoms. The van der Waals surface area contributed by atoms with Crippen LogP contribution < -0.4 is 5.63 Å². The van der Waals surface area contributed by atoms with Gasteiger partial charge in [0.25, 0.3) is 0 Å². The van der Waals surface area contributed by atoms with Gasteiger partial charge in [0.05, 0.1) is 6.61 Å². The number of hydrogen-bond donors (Lipinski definition) is 0. The van der Waals surface area contributed by atoms with Gasteiger partial charge in [0.1, 0.15) is 11.3 Å². The minimum absolute atomic E-state index is 0.215. The van der Waals surface area contributed by atoms with Crippen molar-refractivity contribution >= 4 is 12.0 Å². The number of carbonyl (C=O) groups excluding carboxylic acids is 1. The van der Waals surface area contributed by atoms with Crippen LogP contribution in [-0.4, -0.2) is 31.6 Å². The zero-order valence-electron chi connectivity index (χ0n) is 11.0. The maximum Gasteiger partial charge on any atom is 0.342 e. The first kappa shape index (κ1) is 14.0. The fraction of sp³-hybridized carbons (Fsp3) is 0.385. The van der Waals surface area contributed by atoms with Crippen LogP contribution >= 0.6 is 0 Å². The van der Waals surface area contributed by atoms with Crippen LogP contribution in [0.4, 0.5) is 0 Å². The van der Waals surface area contributed by atoms with Gasteiger partial charge in [-0.25, -0.2) is 9.59 Å². The van der Waals surface area contributed by atoms with Crippen molar-refractivity contribution in [2.45, 2.75) is 13.8 Å². The Morgan fingerprint density at radius 2 is 2.17 bits per heavy atom. The molecule has 1 aromatic heterocycles. The number of nitrogens with zero attached hydrogens (tertiary/aromatic N) is 1. The van der Waals surface area contributed by atoms with Crippen LogP contribution in [0.3, 0.4) is 0 Å². The second-order valence-electron chi connectivity index (χ2n) is 3.99. The highest BCUT2D eigenvalue weighted by molar-refractivity contribution is 5.94. The number of carbonyl (C=O) groups is 1. The lowest BCUT2D eigenvalue weighted by atomic mass is 10.1. The van der Waals surface area contributed by atoms with Gasteiger partial charge in [0.15, 0.2) is 0 Å². The zero-order chi connectivity index (χ0) is 13.7. The Labute approximate surface area is 106 Å². The summed E-state index contributed by atoms with van der Waals surface area (Å²) in [4.78, 5) is 24.9. The van der Waals surface area contributed by atoms with Crippen molar-refractivity contribution in [3.63, 3.8) is 0 Å². The molecule has 0 saturated heterocycles. The number of rotatable bonds is 4. The monoisotopic (exact) mass is 251 g/mol. The third-order valence-electron chi connectivity index (χ3n) is 2.19. The molecule has 0 fully saturated rings. The lowest BCUT2D eigenvalue weighted by molar-refractivity contribution is 0.0522. The molecule has 5 heteroatoms. The maximum absolute atomic E-state index is 11.8. The molecule has 0 amide bonds. The molecule has 0 N–H and O–H groups in total. The van der Waals surface area contributed by atoms with Crippen LogP contribution in [0.15, 0.2) is 21.5 Å². The number of esters is 1. The van der Waals surface area contributed by atoms with E-state index in [2.05, 4.69) is 0 Å². The predicted octanol–water partition coefficient (Wildman–Crippen LogP) is 1.66. The maximum atomic E-state index is 11.8. The van der Waals surface area contributed by atoms with E-state index in [9.17, 15) is 9.59 Å². The van der Waals surface area contributed by atoms with E-state index in [1.807, 2.05) is 14.1 Å². The molecule has 0 atom stereocenters. The van der Waals surface area contributed by atoms with E-state index in [0.29, 0.717) is 5.56 Å². The molecule has 0 aliphatic carbocycles. The second-order valence-corrected chi connectivity index (χ2v) is 3.99. The third kappa shape index (κ3) is 3.48. The summed E-state index contributed by atoms with van der Waals surface area (Å²) in [6.45, 7) is 3.67. The molecule has 1 aromatic rings. The lowest BCUT2D eigenvalue weighted by Crippen LogP contribution is -2.13. The first-order valence-electron chi connectivity index (χ1n) is 5.62. The second kappa shape index (κ2) is 6.05. The van der Waals surface area contributed by atoms with Gasteiger partial charge in [-0.2, -0.15) is 0 Å². The molecule has 1 heterocycles. The van der Waals surface area contributed by atoms with Crippen LogP contribution in [0.5, 0.6) is 0 Å². The average Bonchev–Trinajstić information content (AvgIpc) is 2.25. The largest absolute Gasteiger partial charge is 0.462 e. The van der Waals surface area contributed by atoms with Gasteiger partial charge in [-0.05, 0) is 25.5 Å². The highest BCUT2D eigenvalue weighted by atomic mass is 16.5. The quantitative estimate of drug-likeness (QED) is 0.762. The predicted molar refractivity (Wildman–Crippen MR) is 68.4 cm³/mol. The SMILES string of the molecule is CCOC(=O)c1c(C)cc(=O)oc1/C=C/N(C)C. The van der Waals surface area contributed by atoms with E-state index in [0.717, 1.165) is 0 Å². The van der Waals surface area contributed by atoms with Crippen LogP contribution in [0.25, 0.3) is 6.08 Å². The summed E-state index contributed by atoms with van der Waals surface area (Å²) < 4.78 is 9.98. The van der Waals surface area contributed by atoms with E-state index in [4.69, 9.17) is 9.15 Å². The molecule has 5 nitrogen and oxygen atoms in total. The van der Waals surface area contributed by atoms with Gasteiger partial charge in [-0.3, -0.25) is 0 Å². The van der Waals surface area contributed by atoms with Gasteiger partial charge in [-0.15, -0.1) is 0 Å². The Hall–Kier alpha value is -2.04. The standard InChI is InChI=1S/C13H17NO4/c1-5-17-13(16)12-9(2)8-11(15)18-10(12)6-7-14(3)4/h6-8H,5H2,1-4H3/b7-6+. The van der Waals surface area contributed by atoms with Gasteiger partial charge < -0.3 is 14.1 Å². The van der Waals surface area contributed by atoms with E-state index >= 15 is 0 Å². The molecule has 0 spiro atoms. The first-order valence-corrected chi connectivity index (χ1v) is 5.62. The summed E-state index contributed by atoms with van der Waals surface area (Å²) in [7, 11) is 3.66. The van der Waals surface area contributed by atoms with Crippen LogP contribution in [0.2, 0.25) is 0 Å². The van der Waals surface area contributed by atoms with Crippen molar-refractivity contribution in [2.24, 2.45) is 0 Å². The summed E-state index contributed by atoms with van der Waals surface area (Å²) in [5, 5.41) is 0. The fourth-order valence-corrected chi connectivity index (χ4v) is 1.43. The number of ether oxygens (including phenoxy) is 1. The topological polar surface area (TPSA) is 59.8 Å². The molecule has 0 unspecified atom stereocenters. The summed E-state index contributed by atoms with van der Waals surface area (Å²) in [6.07, 6.45) is 3.26. The number of aryl methyl sites for hydroxylation is 1.